The van der Waals surface area contributed by atoms with E-state index in [9.17, 15) is 0 Å². The molecule has 1 aliphatic heterocycles. The zero-order valence-corrected chi connectivity index (χ0v) is 8.54. The smallest absolute Gasteiger partial charge is 0.0172 e. The maximum absolute atomic E-state index is 5.40. The fraction of sp³-hybridized carbons (Fsp3) is 1.00. The van der Waals surface area contributed by atoms with Crippen molar-refractivity contribution in [3.63, 3.8) is 0 Å². The largest absolute Gasteiger partial charge is 0.330 e. The van der Waals surface area contributed by atoms with Crippen LogP contribution >= 0.6 is 11.8 Å². The minimum atomic E-state index is 0.810. The fourth-order valence-electron chi connectivity index (χ4n) is 1.46. The zero-order valence-electron chi connectivity index (χ0n) is 7.72. The van der Waals surface area contributed by atoms with Crippen molar-refractivity contribution in [1.29, 1.82) is 0 Å². The van der Waals surface area contributed by atoms with Gasteiger partial charge in [-0.15, -0.1) is 0 Å². The Morgan fingerprint density at radius 3 is 3.00 bits per heavy atom. The first kappa shape index (κ1) is 10.4. The molecule has 12 heavy (non-hydrogen) atoms. The Morgan fingerprint density at radius 1 is 1.42 bits per heavy atom. The van der Waals surface area contributed by atoms with Gasteiger partial charge >= 0.3 is 0 Å². The van der Waals surface area contributed by atoms with Crippen molar-refractivity contribution < 1.29 is 0 Å². The molecule has 0 aliphatic carbocycles. The molecule has 1 fully saturated rings. The average Bonchev–Trinajstić information content (AvgIpc) is 2.14. The van der Waals surface area contributed by atoms with Crippen molar-refractivity contribution in [2.45, 2.75) is 30.9 Å². The summed E-state index contributed by atoms with van der Waals surface area (Å²) in [7, 11) is 0. The number of thioether (sulfide) groups is 1. The van der Waals surface area contributed by atoms with Crippen molar-refractivity contribution in [3.05, 3.63) is 0 Å². The molecule has 1 aliphatic rings. The van der Waals surface area contributed by atoms with Gasteiger partial charge in [0, 0.05) is 11.8 Å². The van der Waals surface area contributed by atoms with E-state index in [0.717, 1.165) is 24.8 Å². The van der Waals surface area contributed by atoms with E-state index in [0.29, 0.717) is 0 Å². The van der Waals surface area contributed by atoms with E-state index in [1.165, 1.54) is 31.6 Å². The van der Waals surface area contributed by atoms with Gasteiger partial charge in [-0.1, -0.05) is 6.42 Å². The molecule has 3 heteroatoms. The third-order valence-corrected chi connectivity index (χ3v) is 3.60. The molecule has 1 atom stereocenters. The van der Waals surface area contributed by atoms with Crippen LogP contribution in [0.25, 0.3) is 0 Å². The lowest BCUT2D eigenvalue weighted by Gasteiger charge is -2.21. The van der Waals surface area contributed by atoms with E-state index < -0.39 is 0 Å². The quantitative estimate of drug-likeness (QED) is 0.637. The summed E-state index contributed by atoms with van der Waals surface area (Å²) in [5, 5.41) is 4.33. The van der Waals surface area contributed by atoms with E-state index in [4.69, 9.17) is 5.73 Å². The highest BCUT2D eigenvalue weighted by Crippen LogP contribution is 2.23. The molecule has 0 saturated carbocycles. The van der Waals surface area contributed by atoms with Gasteiger partial charge in [0.2, 0.25) is 0 Å². The Bertz CT molecular complexity index is 103. The second kappa shape index (κ2) is 6.75. The molecule has 72 valence electrons. The van der Waals surface area contributed by atoms with E-state index in [-0.39, 0.29) is 0 Å². The molecule has 0 aromatic heterocycles. The molecule has 0 amide bonds. The van der Waals surface area contributed by atoms with Gasteiger partial charge < -0.3 is 11.1 Å². The monoisotopic (exact) mass is 188 g/mol. The lowest BCUT2D eigenvalue weighted by molar-refractivity contribution is 0.588. The van der Waals surface area contributed by atoms with Gasteiger partial charge in [-0.3, -0.25) is 0 Å². The number of hydrogen-bond donors (Lipinski definition) is 2. The molecule has 0 bridgehead atoms. The summed E-state index contributed by atoms with van der Waals surface area (Å²) in [5.74, 6) is 1.36. The third kappa shape index (κ3) is 4.33. The Kier molecular flexibility index (Phi) is 5.82. The van der Waals surface area contributed by atoms with Crippen LogP contribution in [0.1, 0.15) is 25.7 Å². The number of rotatable bonds is 5. The highest BCUT2D eigenvalue weighted by molar-refractivity contribution is 7.99. The van der Waals surface area contributed by atoms with E-state index in [2.05, 4.69) is 17.1 Å². The van der Waals surface area contributed by atoms with Gasteiger partial charge in [0.15, 0.2) is 0 Å². The molecule has 0 aromatic carbocycles. The van der Waals surface area contributed by atoms with Gasteiger partial charge in [-0.2, -0.15) is 11.8 Å². The summed E-state index contributed by atoms with van der Waals surface area (Å²) in [6, 6.07) is 0. The van der Waals surface area contributed by atoms with Crippen molar-refractivity contribution in [2.24, 2.45) is 5.73 Å². The summed E-state index contributed by atoms with van der Waals surface area (Å²) < 4.78 is 0. The lowest BCUT2D eigenvalue weighted by Crippen LogP contribution is -2.28. The summed E-state index contributed by atoms with van der Waals surface area (Å²) in [5.41, 5.74) is 5.40. The molecule has 1 saturated heterocycles. The molecule has 0 aromatic rings. The highest BCUT2D eigenvalue weighted by Gasteiger charge is 2.12. The van der Waals surface area contributed by atoms with Crippen LogP contribution in [0, 0.1) is 0 Å². The second-order valence-corrected chi connectivity index (χ2v) is 4.74. The summed E-state index contributed by atoms with van der Waals surface area (Å²) >= 11 is 2.13. The molecule has 2 nitrogen and oxygen atoms in total. The van der Waals surface area contributed by atoms with Crippen LogP contribution in [0.4, 0.5) is 0 Å². The minimum Gasteiger partial charge on any atom is -0.330 e. The molecular formula is C9H20N2S. The van der Waals surface area contributed by atoms with Crippen LogP contribution in [0.3, 0.4) is 0 Å². The number of hydrogen-bond acceptors (Lipinski definition) is 3. The second-order valence-electron chi connectivity index (χ2n) is 3.33. The predicted molar refractivity (Wildman–Crippen MR) is 56.6 cm³/mol. The predicted octanol–water partition coefficient (Wildman–Crippen LogP) is 1.21. The molecule has 0 radical (unpaired) electrons. The van der Waals surface area contributed by atoms with Crippen LogP contribution < -0.4 is 11.1 Å². The highest BCUT2D eigenvalue weighted by atomic mass is 32.2. The number of nitrogens with two attached hydrogens (primary N) is 1. The Labute approximate surface area is 79.7 Å². The Balaban J connectivity index is 1.91. The van der Waals surface area contributed by atoms with Gasteiger partial charge in [0.05, 0.1) is 0 Å². The summed E-state index contributed by atoms with van der Waals surface area (Å²) in [6.07, 6.45) is 5.36. The molecule has 3 N–H and O–H groups in total. The average molecular weight is 188 g/mol. The first-order valence-electron chi connectivity index (χ1n) is 4.96. The molecule has 1 unspecified atom stereocenters. The Morgan fingerprint density at radius 2 is 2.33 bits per heavy atom. The van der Waals surface area contributed by atoms with Crippen molar-refractivity contribution in [2.75, 3.05) is 25.4 Å². The van der Waals surface area contributed by atoms with Crippen molar-refractivity contribution >= 4 is 11.8 Å². The summed E-state index contributed by atoms with van der Waals surface area (Å²) in [4.78, 5) is 0. The molecule has 0 spiro atoms. The SMILES string of the molecule is NCCCNCC1CCCCS1. The molecule has 1 heterocycles. The summed E-state index contributed by atoms with van der Waals surface area (Å²) in [6.45, 7) is 3.09. The van der Waals surface area contributed by atoms with Crippen molar-refractivity contribution in [3.8, 4) is 0 Å². The van der Waals surface area contributed by atoms with Gasteiger partial charge in [-0.25, -0.2) is 0 Å². The minimum absolute atomic E-state index is 0.810. The van der Waals surface area contributed by atoms with E-state index >= 15 is 0 Å². The van der Waals surface area contributed by atoms with E-state index in [1.54, 1.807) is 0 Å². The zero-order chi connectivity index (χ0) is 8.65. The van der Waals surface area contributed by atoms with Crippen LogP contribution in [0.2, 0.25) is 0 Å². The van der Waals surface area contributed by atoms with Crippen LogP contribution in [-0.2, 0) is 0 Å². The maximum atomic E-state index is 5.40. The van der Waals surface area contributed by atoms with Gasteiger partial charge in [0.25, 0.3) is 0 Å². The van der Waals surface area contributed by atoms with Crippen LogP contribution in [0.15, 0.2) is 0 Å². The van der Waals surface area contributed by atoms with Crippen LogP contribution in [-0.4, -0.2) is 30.6 Å². The van der Waals surface area contributed by atoms with Crippen molar-refractivity contribution in [1.82, 2.24) is 5.32 Å². The van der Waals surface area contributed by atoms with Crippen LogP contribution in [0.5, 0.6) is 0 Å². The lowest BCUT2D eigenvalue weighted by atomic mass is 10.2. The molecule has 1 rings (SSSR count). The maximum Gasteiger partial charge on any atom is 0.0172 e. The Hall–Kier alpha value is 0.270. The van der Waals surface area contributed by atoms with E-state index in [1.807, 2.05) is 0 Å². The third-order valence-electron chi connectivity index (χ3n) is 2.20. The first-order valence-corrected chi connectivity index (χ1v) is 6.00. The number of nitrogens with one attached hydrogen (secondary N) is 1. The molecular weight excluding hydrogens is 168 g/mol. The van der Waals surface area contributed by atoms with Gasteiger partial charge in [0.1, 0.15) is 0 Å². The normalized spacial score (nSPS) is 24.2. The standard InChI is InChI=1S/C9H20N2S/c10-5-3-6-11-8-9-4-1-2-7-12-9/h9,11H,1-8,10H2. The fourth-order valence-corrected chi connectivity index (χ4v) is 2.73. The topological polar surface area (TPSA) is 38.0 Å². The van der Waals surface area contributed by atoms with Gasteiger partial charge in [-0.05, 0) is 38.1 Å². The first-order chi connectivity index (χ1) is 5.93.